The van der Waals surface area contributed by atoms with Gasteiger partial charge < -0.3 is 10.0 Å². The lowest BCUT2D eigenvalue weighted by Gasteiger charge is -2.45. The van der Waals surface area contributed by atoms with Gasteiger partial charge in [0.25, 0.3) is 0 Å². The number of halogens is 1. The van der Waals surface area contributed by atoms with Gasteiger partial charge in [-0.3, -0.25) is 4.79 Å². The Bertz CT molecular complexity index is 600. The van der Waals surface area contributed by atoms with Crippen LogP contribution in [0.1, 0.15) is 64.4 Å². The number of Topliss-reactive ketones (excluding diaryl/α,β-unsaturated/α-hetero) is 1. The summed E-state index contributed by atoms with van der Waals surface area (Å²) in [5.74, 6) is 1.70. The summed E-state index contributed by atoms with van der Waals surface area (Å²) in [6.45, 7) is 7.60. The SMILES string of the molecule is C[C@H]1CN(CCC(=O)C2CCCCC2)CC[C@]1(C)c1cccc(O)c1.Cl. The minimum atomic E-state index is 0. The van der Waals surface area contributed by atoms with Gasteiger partial charge in [-0.15, -0.1) is 12.4 Å². The molecule has 1 saturated carbocycles. The number of phenols is 1. The Hall–Kier alpha value is -1.06. The van der Waals surface area contributed by atoms with Crippen LogP contribution in [0, 0.1) is 11.8 Å². The molecule has 0 spiro atoms. The van der Waals surface area contributed by atoms with Gasteiger partial charge in [0.1, 0.15) is 11.5 Å². The fourth-order valence-corrected chi connectivity index (χ4v) is 4.71. The van der Waals surface area contributed by atoms with E-state index in [-0.39, 0.29) is 17.8 Å². The zero-order valence-corrected chi connectivity index (χ0v) is 17.1. The molecule has 2 fully saturated rings. The quantitative estimate of drug-likeness (QED) is 0.786. The first-order valence-electron chi connectivity index (χ1n) is 10.0. The van der Waals surface area contributed by atoms with Crippen molar-refractivity contribution in [1.29, 1.82) is 0 Å². The average molecular weight is 380 g/mol. The number of likely N-dealkylation sites (tertiary alicyclic amines) is 1. The molecule has 1 aromatic rings. The molecule has 1 saturated heterocycles. The number of rotatable bonds is 5. The summed E-state index contributed by atoms with van der Waals surface area (Å²) in [5, 5.41) is 9.82. The second-order valence-electron chi connectivity index (χ2n) is 8.47. The summed E-state index contributed by atoms with van der Waals surface area (Å²) < 4.78 is 0. The maximum atomic E-state index is 12.5. The number of hydrogen-bond acceptors (Lipinski definition) is 3. The Morgan fingerprint density at radius 3 is 2.65 bits per heavy atom. The second kappa shape index (κ2) is 9.23. The van der Waals surface area contributed by atoms with E-state index in [2.05, 4.69) is 24.8 Å². The summed E-state index contributed by atoms with van der Waals surface area (Å²) in [6, 6.07) is 7.73. The zero-order valence-electron chi connectivity index (χ0n) is 16.2. The molecule has 2 aliphatic rings. The lowest BCUT2D eigenvalue weighted by Crippen LogP contribution is -2.47. The molecule has 0 aromatic heterocycles. The molecule has 0 unspecified atom stereocenters. The number of ketones is 1. The van der Waals surface area contributed by atoms with Crippen molar-refractivity contribution in [2.24, 2.45) is 11.8 Å². The lowest BCUT2D eigenvalue weighted by atomic mass is 9.68. The van der Waals surface area contributed by atoms with E-state index >= 15 is 0 Å². The van der Waals surface area contributed by atoms with Crippen LogP contribution in [0.4, 0.5) is 0 Å². The Labute approximate surface area is 164 Å². The number of benzene rings is 1. The third kappa shape index (κ3) is 4.80. The van der Waals surface area contributed by atoms with Crippen molar-refractivity contribution in [1.82, 2.24) is 4.90 Å². The Morgan fingerprint density at radius 2 is 2.00 bits per heavy atom. The van der Waals surface area contributed by atoms with Crippen LogP contribution in [-0.2, 0) is 10.2 Å². The maximum Gasteiger partial charge on any atom is 0.137 e. The Balaban J connectivity index is 0.00000243. The summed E-state index contributed by atoms with van der Waals surface area (Å²) in [4.78, 5) is 14.9. The molecule has 0 radical (unpaired) electrons. The number of carbonyl (C=O) groups excluding carboxylic acids is 1. The van der Waals surface area contributed by atoms with Gasteiger partial charge >= 0.3 is 0 Å². The van der Waals surface area contributed by atoms with Crippen LogP contribution < -0.4 is 0 Å². The van der Waals surface area contributed by atoms with Gasteiger partial charge in [-0.05, 0) is 54.8 Å². The molecule has 0 bridgehead atoms. The standard InChI is InChI=1S/C22H33NO2.ClH/c1-17-16-23(13-11-21(25)18-7-4-3-5-8-18)14-12-22(17,2)19-9-6-10-20(24)15-19;/h6,9-10,15,17-18,24H,3-5,7-8,11-14,16H2,1-2H3;1H/t17-,22-;/m0./s1. The van der Waals surface area contributed by atoms with Crippen molar-refractivity contribution >= 4 is 18.2 Å². The van der Waals surface area contributed by atoms with Crippen LogP contribution in [-0.4, -0.2) is 35.4 Å². The average Bonchev–Trinajstić information content (AvgIpc) is 2.63. The largest absolute Gasteiger partial charge is 0.508 e. The number of phenolic OH excluding ortho intramolecular Hbond substituents is 1. The number of hydrogen-bond donors (Lipinski definition) is 1. The number of nitrogens with zero attached hydrogens (tertiary/aromatic N) is 1. The molecule has 1 N–H and O–H groups in total. The van der Waals surface area contributed by atoms with Gasteiger partial charge in [-0.2, -0.15) is 0 Å². The Morgan fingerprint density at radius 1 is 1.27 bits per heavy atom. The summed E-state index contributed by atoms with van der Waals surface area (Å²) in [6.07, 6.45) is 7.81. The highest BCUT2D eigenvalue weighted by molar-refractivity contribution is 5.85. The van der Waals surface area contributed by atoms with Gasteiger partial charge in [0, 0.05) is 25.4 Å². The fraction of sp³-hybridized carbons (Fsp3) is 0.682. The van der Waals surface area contributed by atoms with Gasteiger partial charge in [-0.25, -0.2) is 0 Å². The molecule has 26 heavy (non-hydrogen) atoms. The van der Waals surface area contributed by atoms with Gasteiger partial charge in [0.15, 0.2) is 0 Å². The Kier molecular flexibility index (Phi) is 7.54. The molecule has 146 valence electrons. The molecule has 2 atom stereocenters. The predicted octanol–water partition coefficient (Wildman–Crippen LogP) is 4.95. The molecule has 1 aromatic carbocycles. The van der Waals surface area contributed by atoms with Crippen LogP contribution in [0.3, 0.4) is 0 Å². The highest BCUT2D eigenvalue weighted by atomic mass is 35.5. The summed E-state index contributed by atoms with van der Waals surface area (Å²) >= 11 is 0. The van der Waals surface area contributed by atoms with E-state index in [1.54, 1.807) is 6.07 Å². The van der Waals surface area contributed by atoms with Gasteiger partial charge in [-0.1, -0.05) is 45.2 Å². The summed E-state index contributed by atoms with van der Waals surface area (Å²) in [5.41, 5.74) is 1.33. The fourth-order valence-electron chi connectivity index (χ4n) is 4.71. The van der Waals surface area contributed by atoms with E-state index in [1.807, 2.05) is 12.1 Å². The summed E-state index contributed by atoms with van der Waals surface area (Å²) in [7, 11) is 0. The van der Waals surface area contributed by atoms with E-state index in [1.165, 1.54) is 24.8 Å². The van der Waals surface area contributed by atoms with Crippen molar-refractivity contribution in [3.05, 3.63) is 29.8 Å². The first kappa shape index (κ1) is 21.2. The van der Waals surface area contributed by atoms with E-state index in [0.717, 1.165) is 45.3 Å². The molecule has 1 heterocycles. The first-order valence-corrected chi connectivity index (χ1v) is 10.0. The second-order valence-corrected chi connectivity index (χ2v) is 8.47. The monoisotopic (exact) mass is 379 g/mol. The molecule has 4 heteroatoms. The minimum Gasteiger partial charge on any atom is -0.508 e. The highest BCUT2D eigenvalue weighted by Crippen LogP contribution is 2.40. The lowest BCUT2D eigenvalue weighted by molar-refractivity contribution is -0.124. The van der Waals surface area contributed by atoms with Gasteiger partial charge in [0.05, 0.1) is 0 Å². The van der Waals surface area contributed by atoms with Crippen molar-refractivity contribution < 1.29 is 9.90 Å². The topological polar surface area (TPSA) is 40.5 Å². The van der Waals surface area contributed by atoms with E-state index in [4.69, 9.17) is 0 Å². The molecule has 3 rings (SSSR count). The predicted molar refractivity (Wildman–Crippen MR) is 109 cm³/mol. The first-order chi connectivity index (χ1) is 12.0. The highest BCUT2D eigenvalue weighted by Gasteiger charge is 2.38. The maximum absolute atomic E-state index is 12.5. The normalized spacial score (nSPS) is 27.7. The van der Waals surface area contributed by atoms with Gasteiger partial charge in [0.2, 0.25) is 0 Å². The van der Waals surface area contributed by atoms with E-state index in [0.29, 0.717) is 23.4 Å². The van der Waals surface area contributed by atoms with E-state index < -0.39 is 0 Å². The molecule has 1 aliphatic carbocycles. The van der Waals surface area contributed by atoms with Crippen molar-refractivity contribution in [3.63, 3.8) is 0 Å². The minimum absolute atomic E-state index is 0. The number of aromatic hydroxyl groups is 1. The van der Waals surface area contributed by atoms with Crippen molar-refractivity contribution in [3.8, 4) is 5.75 Å². The smallest absolute Gasteiger partial charge is 0.137 e. The molecular formula is C22H34ClNO2. The van der Waals surface area contributed by atoms with E-state index in [9.17, 15) is 9.90 Å². The molecular weight excluding hydrogens is 346 g/mol. The third-order valence-corrected chi connectivity index (χ3v) is 6.81. The molecule has 0 amide bonds. The molecule has 1 aliphatic heterocycles. The van der Waals surface area contributed by atoms with Crippen LogP contribution in [0.2, 0.25) is 0 Å². The van der Waals surface area contributed by atoms with Crippen LogP contribution >= 0.6 is 12.4 Å². The van der Waals surface area contributed by atoms with Crippen molar-refractivity contribution in [2.75, 3.05) is 19.6 Å². The van der Waals surface area contributed by atoms with Crippen LogP contribution in [0.5, 0.6) is 5.75 Å². The third-order valence-electron chi connectivity index (χ3n) is 6.81. The van der Waals surface area contributed by atoms with Crippen molar-refractivity contribution in [2.45, 2.75) is 64.2 Å². The molecule has 3 nitrogen and oxygen atoms in total. The van der Waals surface area contributed by atoms with Crippen LogP contribution in [0.15, 0.2) is 24.3 Å². The zero-order chi connectivity index (χ0) is 17.9. The number of carbonyl (C=O) groups is 1. The number of piperidine rings is 1. The van der Waals surface area contributed by atoms with Crippen LogP contribution in [0.25, 0.3) is 0 Å².